The summed E-state index contributed by atoms with van der Waals surface area (Å²) in [7, 11) is 0. The number of nitrogens with one attached hydrogen (secondary N) is 1. The van der Waals surface area contributed by atoms with Gasteiger partial charge < -0.3 is 5.32 Å². The molecule has 5 nitrogen and oxygen atoms in total. The van der Waals surface area contributed by atoms with Crippen LogP contribution < -0.4 is 5.32 Å². The largest absolute Gasteiger partial charge is 0.326 e. The smallest absolute Gasteiger partial charge is 0.230 e. The molecule has 0 bridgehead atoms. The zero-order valence-electron chi connectivity index (χ0n) is 7.44. The summed E-state index contributed by atoms with van der Waals surface area (Å²) in [6, 6.07) is 3.76. The summed E-state index contributed by atoms with van der Waals surface area (Å²) in [5.74, 6) is -1.06. The molecule has 0 aromatic heterocycles. The average Bonchev–Trinajstić information content (AvgIpc) is 2.20. The van der Waals surface area contributed by atoms with Gasteiger partial charge in [0.05, 0.1) is 5.02 Å². The van der Waals surface area contributed by atoms with Crippen molar-refractivity contribution >= 4 is 23.2 Å². The number of carbonyl (C=O) groups is 1. The van der Waals surface area contributed by atoms with Crippen LogP contribution in [0.2, 0.25) is 5.02 Å². The number of amides is 1. The summed E-state index contributed by atoms with van der Waals surface area (Å²) in [4.78, 5) is 13.5. The van der Waals surface area contributed by atoms with E-state index >= 15 is 0 Å². The standard InChI is InChI=1S/C8H6ClFN4O/c9-6-3-5(1-2-7(6)10)13-8(15)4-12-14-11/h1-3H,4H2,(H,13,15). The Morgan fingerprint density at radius 1 is 1.67 bits per heavy atom. The van der Waals surface area contributed by atoms with Crippen LogP contribution in [-0.4, -0.2) is 12.5 Å². The van der Waals surface area contributed by atoms with Crippen LogP contribution in [0, 0.1) is 5.82 Å². The lowest BCUT2D eigenvalue weighted by atomic mass is 10.3. The van der Waals surface area contributed by atoms with Crippen LogP contribution >= 0.6 is 11.6 Å². The van der Waals surface area contributed by atoms with Gasteiger partial charge in [-0.25, -0.2) is 4.39 Å². The number of benzene rings is 1. The van der Waals surface area contributed by atoms with Gasteiger partial charge in [0.15, 0.2) is 0 Å². The highest BCUT2D eigenvalue weighted by molar-refractivity contribution is 6.31. The summed E-state index contributed by atoms with van der Waals surface area (Å²) >= 11 is 5.49. The van der Waals surface area contributed by atoms with Crippen molar-refractivity contribution in [3.8, 4) is 0 Å². The second-order valence-electron chi connectivity index (χ2n) is 2.57. The predicted molar refractivity (Wildman–Crippen MR) is 54.1 cm³/mol. The molecule has 1 aromatic rings. The van der Waals surface area contributed by atoms with E-state index in [0.717, 1.165) is 6.07 Å². The predicted octanol–water partition coefficient (Wildman–Crippen LogP) is 2.73. The zero-order valence-corrected chi connectivity index (χ0v) is 8.20. The van der Waals surface area contributed by atoms with E-state index in [2.05, 4.69) is 15.3 Å². The van der Waals surface area contributed by atoms with E-state index in [1.807, 2.05) is 0 Å². The summed E-state index contributed by atoms with van der Waals surface area (Å²) in [5, 5.41) is 5.37. The fourth-order valence-electron chi connectivity index (χ4n) is 0.870. The van der Waals surface area contributed by atoms with Crippen molar-refractivity contribution in [3.05, 3.63) is 39.5 Å². The van der Waals surface area contributed by atoms with Gasteiger partial charge in [-0.2, -0.15) is 0 Å². The van der Waals surface area contributed by atoms with Crippen molar-refractivity contribution in [1.82, 2.24) is 0 Å². The van der Waals surface area contributed by atoms with E-state index in [-0.39, 0.29) is 11.6 Å². The highest BCUT2D eigenvalue weighted by Crippen LogP contribution is 2.19. The van der Waals surface area contributed by atoms with Gasteiger partial charge in [-0.05, 0) is 23.7 Å². The molecule has 1 N–H and O–H groups in total. The molecular formula is C8H6ClFN4O. The zero-order chi connectivity index (χ0) is 11.3. The number of halogens is 2. The summed E-state index contributed by atoms with van der Waals surface area (Å²) in [6.45, 7) is -0.314. The van der Waals surface area contributed by atoms with Crippen molar-refractivity contribution in [2.45, 2.75) is 0 Å². The molecule has 0 saturated carbocycles. The third-order valence-electron chi connectivity index (χ3n) is 1.48. The molecule has 1 rings (SSSR count). The first-order chi connectivity index (χ1) is 7.13. The fourth-order valence-corrected chi connectivity index (χ4v) is 1.05. The van der Waals surface area contributed by atoms with Gasteiger partial charge in [0, 0.05) is 10.6 Å². The normalized spacial score (nSPS) is 9.20. The number of rotatable bonds is 3. The number of hydrogen-bond donors (Lipinski definition) is 1. The molecule has 0 saturated heterocycles. The molecule has 0 unspecified atom stereocenters. The van der Waals surface area contributed by atoms with E-state index in [0.29, 0.717) is 5.69 Å². The van der Waals surface area contributed by atoms with E-state index in [4.69, 9.17) is 17.1 Å². The molecule has 15 heavy (non-hydrogen) atoms. The Morgan fingerprint density at radius 2 is 2.40 bits per heavy atom. The molecule has 0 aliphatic carbocycles. The number of carbonyl (C=O) groups excluding carboxylic acids is 1. The Kier molecular flexibility index (Phi) is 3.91. The SMILES string of the molecule is [N-]=[N+]=NCC(=O)Nc1ccc(F)c(Cl)c1. The lowest BCUT2D eigenvalue weighted by Gasteiger charge is -2.03. The minimum Gasteiger partial charge on any atom is -0.326 e. The lowest BCUT2D eigenvalue weighted by Crippen LogP contribution is -2.14. The molecule has 0 atom stereocenters. The molecule has 0 heterocycles. The van der Waals surface area contributed by atoms with Crippen molar-refractivity contribution in [3.63, 3.8) is 0 Å². The van der Waals surface area contributed by atoms with Crippen LogP contribution in [0.5, 0.6) is 0 Å². The van der Waals surface area contributed by atoms with Crippen LogP contribution in [0.1, 0.15) is 0 Å². The monoisotopic (exact) mass is 228 g/mol. The van der Waals surface area contributed by atoms with Gasteiger partial charge >= 0.3 is 0 Å². The van der Waals surface area contributed by atoms with E-state index in [1.54, 1.807) is 0 Å². The third kappa shape index (κ3) is 3.46. The first kappa shape index (κ1) is 11.3. The minimum atomic E-state index is -0.565. The van der Waals surface area contributed by atoms with Gasteiger partial charge in [0.1, 0.15) is 12.4 Å². The molecule has 7 heteroatoms. The molecule has 0 aliphatic rings. The van der Waals surface area contributed by atoms with Crippen molar-refractivity contribution in [2.75, 3.05) is 11.9 Å². The molecule has 0 spiro atoms. The second-order valence-corrected chi connectivity index (χ2v) is 2.97. The molecule has 0 radical (unpaired) electrons. The first-order valence-corrected chi connectivity index (χ1v) is 4.27. The maximum Gasteiger partial charge on any atom is 0.230 e. The molecule has 0 aliphatic heterocycles. The van der Waals surface area contributed by atoms with Crippen molar-refractivity contribution in [2.24, 2.45) is 5.11 Å². The molecule has 0 fully saturated rings. The number of azide groups is 1. The van der Waals surface area contributed by atoms with Gasteiger partial charge in [0.25, 0.3) is 0 Å². The Labute approximate surface area is 89.5 Å². The maximum atomic E-state index is 12.7. The Bertz CT molecular complexity index is 431. The Balaban J connectivity index is 2.68. The van der Waals surface area contributed by atoms with Crippen molar-refractivity contribution < 1.29 is 9.18 Å². The Morgan fingerprint density at radius 3 is 3.00 bits per heavy atom. The fraction of sp³-hybridized carbons (Fsp3) is 0.125. The van der Waals surface area contributed by atoms with Gasteiger partial charge in [-0.1, -0.05) is 16.7 Å². The van der Waals surface area contributed by atoms with Crippen molar-refractivity contribution in [1.29, 1.82) is 0 Å². The summed E-state index contributed by atoms with van der Waals surface area (Å²) in [6.07, 6.45) is 0. The van der Waals surface area contributed by atoms with Crippen LogP contribution in [0.15, 0.2) is 23.3 Å². The van der Waals surface area contributed by atoms with Gasteiger partial charge in [-0.15, -0.1) is 0 Å². The Hall–Kier alpha value is -1.78. The summed E-state index contributed by atoms with van der Waals surface area (Å²) in [5.41, 5.74) is 8.32. The summed E-state index contributed by atoms with van der Waals surface area (Å²) < 4.78 is 12.7. The second kappa shape index (κ2) is 5.19. The highest BCUT2D eigenvalue weighted by Gasteiger charge is 2.03. The van der Waals surface area contributed by atoms with Crippen LogP contribution in [0.3, 0.4) is 0 Å². The first-order valence-electron chi connectivity index (χ1n) is 3.89. The van der Waals surface area contributed by atoms with E-state index in [9.17, 15) is 9.18 Å². The van der Waals surface area contributed by atoms with E-state index in [1.165, 1.54) is 12.1 Å². The van der Waals surface area contributed by atoms with Gasteiger partial charge in [-0.3, -0.25) is 4.79 Å². The number of hydrogen-bond acceptors (Lipinski definition) is 2. The molecular weight excluding hydrogens is 223 g/mol. The third-order valence-corrected chi connectivity index (χ3v) is 1.77. The molecule has 1 amide bonds. The number of anilines is 1. The maximum absolute atomic E-state index is 12.7. The topological polar surface area (TPSA) is 77.9 Å². The van der Waals surface area contributed by atoms with Crippen LogP contribution in [-0.2, 0) is 4.79 Å². The average molecular weight is 229 g/mol. The van der Waals surface area contributed by atoms with E-state index < -0.39 is 11.7 Å². The molecule has 1 aromatic carbocycles. The number of nitrogens with zero attached hydrogens (tertiary/aromatic N) is 3. The van der Waals surface area contributed by atoms with Gasteiger partial charge in [0.2, 0.25) is 5.91 Å². The minimum absolute atomic E-state index is 0.0865. The highest BCUT2D eigenvalue weighted by atomic mass is 35.5. The van der Waals surface area contributed by atoms with Crippen LogP contribution in [0.25, 0.3) is 10.4 Å². The van der Waals surface area contributed by atoms with Crippen LogP contribution in [0.4, 0.5) is 10.1 Å². The lowest BCUT2D eigenvalue weighted by molar-refractivity contribution is -0.114. The molecule has 78 valence electrons. The quantitative estimate of drug-likeness (QED) is 0.482.